The first-order valence-corrected chi connectivity index (χ1v) is 8.21. The lowest BCUT2D eigenvalue weighted by atomic mass is 9.82. The van der Waals surface area contributed by atoms with E-state index < -0.39 is 0 Å². The van der Waals surface area contributed by atoms with Gasteiger partial charge in [0.15, 0.2) is 0 Å². The van der Waals surface area contributed by atoms with Crippen LogP contribution in [0, 0.1) is 11.8 Å². The Morgan fingerprint density at radius 2 is 1.89 bits per heavy atom. The lowest BCUT2D eigenvalue weighted by Gasteiger charge is -2.34. The summed E-state index contributed by atoms with van der Waals surface area (Å²) < 4.78 is 0. The molecule has 2 heteroatoms. The quantitative estimate of drug-likeness (QED) is 0.808. The third-order valence-electron chi connectivity index (χ3n) is 5.05. The molecule has 106 valence electrons. The van der Waals surface area contributed by atoms with Gasteiger partial charge in [-0.15, -0.1) is 0 Å². The highest BCUT2D eigenvalue weighted by atomic mass is 15.1. The van der Waals surface area contributed by atoms with Gasteiger partial charge in [-0.1, -0.05) is 26.2 Å². The first kappa shape index (κ1) is 14.3. The van der Waals surface area contributed by atoms with Crippen molar-refractivity contribution in [2.45, 2.75) is 64.3 Å². The van der Waals surface area contributed by atoms with Crippen LogP contribution in [0.5, 0.6) is 0 Å². The third-order valence-corrected chi connectivity index (χ3v) is 5.05. The maximum Gasteiger partial charge on any atom is 0.00928 e. The molecule has 2 atom stereocenters. The number of nitrogens with one attached hydrogen (secondary N) is 1. The molecule has 2 unspecified atom stereocenters. The summed E-state index contributed by atoms with van der Waals surface area (Å²) in [7, 11) is 2.27. The number of nitrogens with zero attached hydrogens (tertiary/aromatic N) is 1. The van der Waals surface area contributed by atoms with Crippen molar-refractivity contribution in [3.63, 3.8) is 0 Å². The normalized spacial score (nSPS) is 29.3. The molecule has 1 N–H and O–H groups in total. The number of rotatable bonds is 5. The zero-order chi connectivity index (χ0) is 12.8. The summed E-state index contributed by atoms with van der Waals surface area (Å²) in [4.78, 5) is 2.50. The van der Waals surface area contributed by atoms with Gasteiger partial charge >= 0.3 is 0 Å². The molecular weight excluding hydrogens is 220 g/mol. The van der Waals surface area contributed by atoms with Gasteiger partial charge in [0.25, 0.3) is 0 Å². The summed E-state index contributed by atoms with van der Waals surface area (Å²) >= 11 is 0. The predicted molar refractivity (Wildman–Crippen MR) is 78.9 cm³/mol. The Balaban J connectivity index is 1.72. The standard InChI is InChI=1S/C16H32N2/c1-3-16(15-9-5-4-6-10-15)17-12-14-8-7-11-18(2)13-14/h14-17H,3-13H2,1-2H3. The third kappa shape index (κ3) is 4.24. The topological polar surface area (TPSA) is 15.3 Å². The van der Waals surface area contributed by atoms with Crippen LogP contribution >= 0.6 is 0 Å². The second-order valence-corrected chi connectivity index (χ2v) is 6.59. The van der Waals surface area contributed by atoms with Gasteiger partial charge < -0.3 is 10.2 Å². The van der Waals surface area contributed by atoms with Crippen LogP contribution in [0.4, 0.5) is 0 Å². The Morgan fingerprint density at radius 1 is 1.11 bits per heavy atom. The molecule has 2 fully saturated rings. The second kappa shape index (κ2) is 7.49. The first-order valence-electron chi connectivity index (χ1n) is 8.21. The van der Waals surface area contributed by atoms with Crippen molar-refractivity contribution in [2.24, 2.45) is 11.8 Å². The molecule has 2 rings (SSSR count). The van der Waals surface area contributed by atoms with Crippen molar-refractivity contribution < 1.29 is 0 Å². The van der Waals surface area contributed by atoms with E-state index in [9.17, 15) is 0 Å². The molecule has 0 amide bonds. The van der Waals surface area contributed by atoms with Crippen LogP contribution in [0.1, 0.15) is 58.3 Å². The second-order valence-electron chi connectivity index (χ2n) is 6.59. The van der Waals surface area contributed by atoms with Crippen LogP contribution < -0.4 is 5.32 Å². The predicted octanol–water partition coefficient (Wildman–Crippen LogP) is 3.28. The van der Waals surface area contributed by atoms with Crippen LogP contribution in [0.15, 0.2) is 0 Å². The molecule has 0 aromatic carbocycles. The van der Waals surface area contributed by atoms with Crippen LogP contribution in [-0.4, -0.2) is 37.6 Å². The van der Waals surface area contributed by atoms with E-state index in [0.717, 1.165) is 17.9 Å². The summed E-state index contributed by atoms with van der Waals surface area (Å²) in [5.74, 6) is 1.85. The number of piperidine rings is 1. The van der Waals surface area contributed by atoms with Crippen LogP contribution in [0.3, 0.4) is 0 Å². The molecule has 0 bridgehead atoms. The molecule has 18 heavy (non-hydrogen) atoms. The van der Waals surface area contributed by atoms with Crippen LogP contribution in [0.25, 0.3) is 0 Å². The first-order chi connectivity index (χ1) is 8.79. The highest BCUT2D eigenvalue weighted by Crippen LogP contribution is 2.28. The van der Waals surface area contributed by atoms with E-state index >= 15 is 0 Å². The molecule has 1 saturated carbocycles. The van der Waals surface area contributed by atoms with Gasteiger partial charge in [0.2, 0.25) is 0 Å². The molecule has 0 radical (unpaired) electrons. The van der Waals surface area contributed by atoms with E-state index in [4.69, 9.17) is 0 Å². The van der Waals surface area contributed by atoms with Crippen LogP contribution in [0.2, 0.25) is 0 Å². The summed E-state index contributed by atoms with van der Waals surface area (Å²) in [5.41, 5.74) is 0. The largest absolute Gasteiger partial charge is 0.313 e. The van der Waals surface area contributed by atoms with Gasteiger partial charge in [-0.25, -0.2) is 0 Å². The fourth-order valence-electron chi connectivity index (χ4n) is 3.94. The molecule has 1 aliphatic carbocycles. The van der Waals surface area contributed by atoms with Gasteiger partial charge in [-0.2, -0.15) is 0 Å². The van der Waals surface area contributed by atoms with Gasteiger partial charge in [0.1, 0.15) is 0 Å². The van der Waals surface area contributed by atoms with Crippen molar-refractivity contribution in [3.8, 4) is 0 Å². The van der Waals surface area contributed by atoms with E-state index in [0.29, 0.717) is 0 Å². The Labute approximate surface area is 114 Å². The minimum atomic E-state index is 0.789. The number of likely N-dealkylation sites (tertiary alicyclic amines) is 1. The van der Waals surface area contributed by atoms with E-state index in [1.165, 1.54) is 71.0 Å². The zero-order valence-corrected chi connectivity index (χ0v) is 12.5. The molecule has 0 aromatic rings. The lowest BCUT2D eigenvalue weighted by molar-refractivity contribution is 0.189. The van der Waals surface area contributed by atoms with E-state index in [1.807, 2.05) is 0 Å². The number of hydrogen-bond acceptors (Lipinski definition) is 2. The molecule has 1 aliphatic heterocycles. The maximum atomic E-state index is 3.90. The van der Waals surface area contributed by atoms with Crippen molar-refractivity contribution in [1.29, 1.82) is 0 Å². The zero-order valence-electron chi connectivity index (χ0n) is 12.5. The van der Waals surface area contributed by atoms with E-state index in [-0.39, 0.29) is 0 Å². The molecular formula is C16H32N2. The average Bonchev–Trinajstić information content (AvgIpc) is 2.41. The van der Waals surface area contributed by atoms with Crippen LogP contribution in [-0.2, 0) is 0 Å². The minimum Gasteiger partial charge on any atom is -0.313 e. The van der Waals surface area contributed by atoms with Gasteiger partial charge in [0, 0.05) is 12.6 Å². The van der Waals surface area contributed by atoms with E-state index in [2.05, 4.69) is 24.2 Å². The smallest absolute Gasteiger partial charge is 0.00928 e. The summed E-state index contributed by atoms with van der Waals surface area (Å²) in [5, 5.41) is 3.90. The Kier molecular flexibility index (Phi) is 5.97. The highest BCUT2D eigenvalue weighted by molar-refractivity contribution is 4.81. The monoisotopic (exact) mass is 252 g/mol. The molecule has 2 nitrogen and oxygen atoms in total. The summed E-state index contributed by atoms with van der Waals surface area (Å²) in [6.45, 7) is 6.21. The number of hydrogen-bond donors (Lipinski definition) is 1. The lowest BCUT2D eigenvalue weighted by Crippen LogP contribution is -2.43. The minimum absolute atomic E-state index is 0.789. The Morgan fingerprint density at radius 3 is 2.56 bits per heavy atom. The maximum absolute atomic E-state index is 3.90. The van der Waals surface area contributed by atoms with Gasteiger partial charge in [-0.05, 0) is 64.1 Å². The van der Waals surface area contributed by atoms with Gasteiger partial charge in [0.05, 0.1) is 0 Å². The molecule has 2 aliphatic rings. The van der Waals surface area contributed by atoms with E-state index in [1.54, 1.807) is 0 Å². The fourth-order valence-corrected chi connectivity index (χ4v) is 3.94. The molecule has 0 spiro atoms. The Hall–Kier alpha value is -0.0800. The summed E-state index contributed by atoms with van der Waals surface area (Å²) in [6, 6.07) is 0.789. The molecule has 0 aromatic heterocycles. The van der Waals surface area contributed by atoms with Crippen molar-refractivity contribution in [1.82, 2.24) is 10.2 Å². The summed E-state index contributed by atoms with van der Waals surface area (Å²) in [6.07, 6.45) is 11.5. The average molecular weight is 252 g/mol. The fraction of sp³-hybridized carbons (Fsp3) is 1.00. The molecule has 1 heterocycles. The Bertz CT molecular complexity index is 223. The van der Waals surface area contributed by atoms with Crippen molar-refractivity contribution in [3.05, 3.63) is 0 Å². The van der Waals surface area contributed by atoms with Crippen molar-refractivity contribution >= 4 is 0 Å². The van der Waals surface area contributed by atoms with Crippen molar-refractivity contribution in [2.75, 3.05) is 26.7 Å². The molecule has 1 saturated heterocycles. The van der Waals surface area contributed by atoms with Gasteiger partial charge in [-0.3, -0.25) is 0 Å². The SMILES string of the molecule is CCC(NCC1CCCN(C)C1)C1CCCCC1. The highest BCUT2D eigenvalue weighted by Gasteiger charge is 2.23.